The van der Waals surface area contributed by atoms with Gasteiger partial charge in [0.25, 0.3) is 5.91 Å². The van der Waals surface area contributed by atoms with Crippen molar-refractivity contribution in [2.75, 3.05) is 19.0 Å². The number of ether oxygens (including phenoxy) is 1. The molecular weight excluding hydrogens is 340 g/mol. The fourth-order valence-electron chi connectivity index (χ4n) is 2.65. The van der Waals surface area contributed by atoms with Crippen LogP contribution in [0.25, 0.3) is 0 Å². The van der Waals surface area contributed by atoms with Crippen LogP contribution in [0.15, 0.2) is 66.7 Å². The van der Waals surface area contributed by atoms with Crippen LogP contribution in [0.1, 0.15) is 21.6 Å². The van der Waals surface area contributed by atoms with E-state index in [1.807, 2.05) is 54.6 Å². The number of aromatic nitrogens is 2. The first kappa shape index (κ1) is 18.4. The van der Waals surface area contributed by atoms with E-state index in [4.69, 9.17) is 4.74 Å². The summed E-state index contributed by atoms with van der Waals surface area (Å²) in [6, 6.07) is 21.1. The Balaban J connectivity index is 1.49. The molecule has 138 valence electrons. The number of nitrogens with one attached hydrogen (secondary N) is 2. The van der Waals surface area contributed by atoms with Crippen LogP contribution in [0.5, 0.6) is 5.75 Å². The quantitative estimate of drug-likeness (QED) is 0.644. The average molecular weight is 362 g/mol. The summed E-state index contributed by atoms with van der Waals surface area (Å²) in [4.78, 5) is 12.2. The molecule has 2 aromatic carbocycles. The maximum atomic E-state index is 12.2. The van der Waals surface area contributed by atoms with Gasteiger partial charge in [-0.3, -0.25) is 4.79 Å². The highest BCUT2D eigenvalue weighted by Gasteiger charge is 2.08. The second-order valence-corrected chi connectivity index (χ2v) is 5.96. The molecule has 0 atom stereocenters. The van der Waals surface area contributed by atoms with E-state index in [-0.39, 0.29) is 5.91 Å². The van der Waals surface area contributed by atoms with E-state index < -0.39 is 0 Å². The summed E-state index contributed by atoms with van der Waals surface area (Å²) in [5.74, 6) is 1.26. The van der Waals surface area contributed by atoms with E-state index in [0.29, 0.717) is 24.6 Å². The Morgan fingerprint density at radius 3 is 2.48 bits per heavy atom. The smallest absolute Gasteiger partial charge is 0.272 e. The zero-order valence-corrected chi connectivity index (χ0v) is 15.2. The summed E-state index contributed by atoms with van der Waals surface area (Å²) in [6.45, 7) is 1.15. The lowest BCUT2D eigenvalue weighted by atomic mass is 10.1. The summed E-state index contributed by atoms with van der Waals surface area (Å²) in [6.07, 6.45) is 0.797. The van der Waals surface area contributed by atoms with Crippen molar-refractivity contribution >= 4 is 11.7 Å². The lowest BCUT2D eigenvalue weighted by molar-refractivity contribution is 0.0945. The number of anilines is 1. The van der Waals surface area contributed by atoms with E-state index >= 15 is 0 Å². The van der Waals surface area contributed by atoms with Gasteiger partial charge in [-0.1, -0.05) is 48.5 Å². The maximum Gasteiger partial charge on any atom is 0.272 e. The van der Waals surface area contributed by atoms with Crippen LogP contribution in [0.4, 0.5) is 5.82 Å². The number of nitrogens with zero attached hydrogens (tertiary/aromatic N) is 2. The van der Waals surface area contributed by atoms with Crippen molar-refractivity contribution in [2.45, 2.75) is 13.0 Å². The van der Waals surface area contributed by atoms with Crippen molar-refractivity contribution in [2.24, 2.45) is 0 Å². The predicted octanol–water partition coefficient (Wildman–Crippen LogP) is 3.07. The molecule has 0 saturated heterocycles. The Bertz CT molecular complexity index is 867. The molecule has 6 heteroatoms. The van der Waals surface area contributed by atoms with Gasteiger partial charge in [0, 0.05) is 13.1 Å². The third-order valence-electron chi connectivity index (χ3n) is 4.09. The van der Waals surface area contributed by atoms with Gasteiger partial charge in [-0.2, -0.15) is 0 Å². The van der Waals surface area contributed by atoms with Crippen molar-refractivity contribution in [3.8, 4) is 5.75 Å². The molecule has 1 amide bonds. The molecule has 0 fully saturated rings. The molecule has 6 nitrogen and oxygen atoms in total. The zero-order chi connectivity index (χ0) is 18.9. The molecule has 0 aliphatic rings. The molecule has 0 aliphatic carbocycles. The van der Waals surface area contributed by atoms with E-state index in [2.05, 4.69) is 20.8 Å². The molecule has 3 rings (SSSR count). The minimum Gasteiger partial charge on any atom is -0.496 e. The highest BCUT2D eigenvalue weighted by Crippen LogP contribution is 2.17. The largest absolute Gasteiger partial charge is 0.496 e. The minimum atomic E-state index is -0.244. The lowest BCUT2D eigenvalue weighted by Crippen LogP contribution is -2.24. The predicted molar refractivity (Wildman–Crippen MR) is 105 cm³/mol. The number of hydrogen-bond acceptors (Lipinski definition) is 5. The second kappa shape index (κ2) is 9.33. The highest BCUT2D eigenvalue weighted by atomic mass is 16.5. The van der Waals surface area contributed by atoms with Gasteiger partial charge in [-0.25, -0.2) is 0 Å². The molecule has 0 bridgehead atoms. The Morgan fingerprint density at radius 2 is 1.74 bits per heavy atom. The Morgan fingerprint density at radius 1 is 0.963 bits per heavy atom. The Hall–Kier alpha value is -3.41. The number of amides is 1. The van der Waals surface area contributed by atoms with Crippen molar-refractivity contribution in [1.82, 2.24) is 15.5 Å². The van der Waals surface area contributed by atoms with Crippen molar-refractivity contribution in [1.29, 1.82) is 0 Å². The van der Waals surface area contributed by atoms with Gasteiger partial charge in [0.1, 0.15) is 11.6 Å². The van der Waals surface area contributed by atoms with Gasteiger partial charge in [0.15, 0.2) is 5.69 Å². The van der Waals surface area contributed by atoms with E-state index in [0.717, 1.165) is 23.3 Å². The minimum absolute atomic E-state index is 0.244. The normalized spacial score (nSPS) is 10.3. The number of benzene rings is 2. The molecule has 2 N–H and O–H groups in total. The van der Waals surface area contributed by atoms with Crippen LogP contribution in [0.3, 0.4) is 0 Å². The van der Waals surface area contributed by atoms with Crippen LogP contribution in [0, 0.1) is 0 Å². The standard InChI is InChI=1S/C21H22N4O2/c1-27-19-10-6-5-9-17(19)13-14-22-20-12-11-18(24-25-20)21(26)23-15-16-7-3-2-4-8-16/h2-12H,13-15H2,1H3,(H,22,25)(H,23,26). The summed E-state index contributed by atoms with van der Waals surface area (Å²) in [5, 5.41) is 14.1. The van der Waals surface area contributed by atoms with Crippen molar-refractivity contribution in [3.05, 3.63) is 83.6 Å². The van der Waals surface area contributed by atoms with Crippen molar-refractivity contribution in [3.63, 3.8) is 0 Å². The molecule has 0 aliphatic heterocycles. The third kappa shape index (κ3) is 5.28. The summed E-state index contributed by atoms with van der Waals surface area (Å²) in [7, 11) is 1.67. The lowest BCUT2D eigenvalue weighted by Gasteiger charge is -2.09. The number of rotatable bonds is 8. The number of carbonyl (C=O) groups excluding carboxylic acids is 1. The van der Waals surface area contributed by atoms with Crippen LogP contribution >= 0.6 is 0 Å². The van der Waals surface area contributed by atoms with E-state index in [9.17, 15) is 4.79 Å². The molecule has 1 heterocycles. The summed E-state index contributed by atoms with van der Waals surface area (Å²) in [5.41, 5.74) is 2.45. The molecule has 0 unspecified atom stereocenters. The highest BCUT2D eigenvalue weighted by molar-refractivity contribution is 5.92. The monoisotopic (exact) mass is 362 g/mol. The summed E-state index contributed by atoms with van der Waals surface area (Å²) >= 11 is 0. The first-order valence-corrected chi connectivity index (χ1v) is 8.78. The molecule has 3 aromatic rings. The Kier molecular flexibility index (Phi) is 6.35. The van der Waals surface area contributed by atoms with E-state index in [1.54, 1.807) is 19.2 Å². The molecule has 0 radical (unpaired) electrons. The van der Waals surface area contributed by atoms with Crippen LogP contribution in [0.2, 0.25) is 0 Å². The topological polar surface area (TPSA) is 76.1 Å². The zero-order valence-electron chi connectivity index (χ0n) is 15.2. The SMILES string of the molecule is COc1ccccc1CCNc1ccc(C(=O)NCc2ccccc2)nn1. The molecular formula is C21H22N4O2. The number of para-hydroxylation sites is 1. The van der Waals surface area contributed by atoms with Crippen LogP contribution < -0.4 is 15.4 Å². The van der Waals surface area contributed by atoms with Crippen LogP contribution in [-0.2, 0) is 13.0 Å². The maximum absolute atomic E-state index is 12.2. The number of carbonyl (C=O) groups is 1. The third-order valence-corrected chi connectivity index (χ3v) is 4.09. The fourth-order valence-corrected chi connectivity index (χ4v) is 2.65. The Labute approximate surface area is 158 Å². The molecule has 0 saturated carbocycles. The first-order chi connectivity index (χ1) is 13.3. The number of hydrogen-bond donors (Lipinski definition) is 2. The molecule has 27 heavy (non-hydrogen) atoms. The van der Waals surface area contributed by atoms with Crippen LogP contribution in [-0.4, -0.2) is 29.8 Å². The van der Waals surface area contributed by atoms with Gasteiger partial charge in [-0.05, 0) is 35.7 Å². The van der Waals surface area contributed by atoms with Gasteiger partial charge in [-0.15, -0.1) is 10.2 Å². The van der Waals surface area contributed by atoms with Gasteiger partial charge >= 0.3 is 0 Å². The first-order valence-electron chi connectivity index (χ1n) is 8.78. The molecule has 0 spiro atoms. The van der Waals surface area contributed by atoms with Gasteiger partial charge < -0.3 is 15.4 Å². The van der Waals surface area contributed by atoms with Crippen molar-refractivity contribution < 1.29 is 9.53 Å². The average Bonchev–Trinajstić information content (AvgIpc) is 2.73. The van der Waals surface area contributed by atoms with Gasteiger partial charge in [0.2, 0.25) is 0 Å². The molecule has 1 aromatic heterocycles. The summed E-state index contributed by atoms with van der Waals surface area (Å²) < 4.78 is 5.34. The number of methoxy groups -OCH3 is 1. The van der Waals surface area contributed by atoms with E-state index in [1.165, 1.54) is 0 Å². The van der Waals surface area contributed by atoms with Gasteiger partial charge in [0.05, 0.1) is 7.11 Å². The fraction of sp³-hybridized carbons (Fsp3) is 0.190. The second-order valence-electron chi connectivity index (χ2n) is 5.96.